The molecule has 0 unspecified atom stereocenters. The highest BCUT2D eigenvalue weighted by Gasteiger charge is 2.29. The summed E-state index contributed by atoms with van der Waals surface area (Å²) in [6, 6.07) is 16.8. The van der Waals surface area contributed by atoms with E-state index in [1.807, 2.05) is 30.3 Å². The van der Waals surface area contributed by atoms with Crippen molar-refractivity contribution in [2.24, 2.45) is 5.92 Å². The summed E-state index contributed by atoms with van der Waals surface area (Å²) in [4.78, 5) is 25.3. The smallest absolute Gasteiger partial charge is 0.253 e. The van der Waals surface area contributed by atoms with Gasteiger partial charge in [0.25, 0.3) is 5.91 Å². The van der Waals surface area contributed by atoms with Crippen LogP contribution in [0.5, 0.6) is 0 Å². The third kappa shape index (κ3) is 5.90. The number of para-hydroxylation sites is 1. The molecule has 1 aliphatic heterocycles. The highest BCUT2D eigenvalue weighted by atomic mass is 32.2. The maximum Gasteiger partial charge on any atom is 0.253 e. The molecule has 7 nitrogen and oxygen atoms in total. The van der Waals surface area contributed by atoms with Crippen molar-refractivity contribution >= 4 is 27.5 Å². The van der Waals surface area contributed by atoms with Crippen LogP contribution < -0.4 is 10.6 Å². The van der Waals surface area contributed by atoms with Crippen LogP contribution in [0.2, 0.25) is 0 Å². The van der Waals surface area contributed by atoms with Crippen molar-refractivity contribution in [2.45, 2.75) is 19.3 Å². The number of benzene rings is 2. The number of nitrogens with zero attached hydrogens (tertiary/aromatic N) is 1. The lowest BCUT2D eigenvalue weighted by Crippen LogP contribution is -2.41. The molecule has 2 aromatic carbocycles. The fraction of sp³-hybridized carbons (Fsp3) is 0.364. The van der Waals surface area contributed by atoms with Crippen molar-refractivity contribution in [3.8, 4) is 0 Å². The second-order valence-electron chi connectivity index (χ2n) is 7.46. The minimum absolute atomic E-state index is 0.187. The van der Waals surface area contributed by atoms with Gasteiger partial charge in [-0.1, -0.05) is 42.5 Å². The Kier molecular flexibility index (Phi) is 7.23. The first-order valence-corrected chi connectivity index (χ1v) is 11.9. The number of anilines is 1. The molecule has 2 N–H and O–H groups in total. The van der Waals surface area contributed by atoms with E-state index in [0.717, 1.165) is 12.0 Å². The number of carbonyl (C=O) groups is 2. The molecule has 2 aromatic rings. The summed E-state index contributed by atoms with van der Waals surface area (Å²) in [7, 11) is -3.23. The summed E-state index contributed by atoms with van der Waals surface area (Å²) in [6.45, 7) is 1.16. The van der Waals surface area contributed by atoms with Crippen molar-refractivity contribution in [3.05, 3.63) is 65.7 Å². The molecule has 0 aliphatic carbocycles. The Morgan fingerprint density at radius 3 is 2.30 bits per heavy atom. The zero-order valence-electron chi connectivity index (χ0n) is 17.0. The van der Waals surface area contributed by atoms with E-state index in [1.54, 1.807) is 24.3 Å². The minimum Gasteiger partial charge on any atom is -0.352 e. The third-order valence-corrected chi connectivity index (χ3v) is 6.57. The largest absolute Gasteiger partial charge is 0.352 e. The van der Waals surface area contributed by atoms with Gasteiger partial charge in [-0.3, -0.25) is 9.59 Å². The SMILES string of the molecule is CS(=O)(=O)N1CCC(C(=O)Nc2ccccc2C(=O)NCCc2ccccc2)CC1. The van der Waals surface area contributed by atoms with Crippen molar-refractivity contribution in [2.75, 3.05) is 31.2 Å². The van der Waals surface area contributed by atoms with Gasteiger partial charge in [0.1, 0.15) is 0 Å². The Balaban J connectivity index is 1.57. The molecular formula is C22H27N3O4S. The topological polar surface area (TPSA) is 95.6 Å². The van der Waals surface area contributed by atoms with E-state index in [-0.39, 0.29) is 17.7 Å². The molecular weight excluding hydrogens is 402 g/mol. The van der Waals surface area contributed by atoms with Crippen LogP contribution in [0.3, 0.4) is 0 Å². The molecule has 0 radical (unpaired) electrons. The number of rotatable bonds is 7. The molecule has 0 saturated carbocycles. The number of hydrogen-bond donors (Lipinski definition) is 2. The van der Waals surface area contributed by atoms with E-state index in [9.17, 15) is 18.0 Å². The third-order valence-electron chi connectivity index (χ3n) is 5.27. The summed E-state index contributed by atoms with van der Waals surface area (Å²) >= 11 is 0. The van der Waals surface area contributed by atoms with E-state index in [4.69, 9.17) is 0 Å². The van der Waals surface area contributed by atoms with Gasteiger partial charge >= 0.3 is 0 Å². The van der Waals surface area contributed by atoms with Crippen LogP contribution in [0.25, 0.3) is 0 Å². The lowest BCUT2D eigenvalue weighted by atomic mass is 9.97. The van der Waals surface area contributed by atoms with Gasteiger partial charge in [-0.25, -0.2) is 12.7 Å². The lowest BCUT2D eigenvalue weighted by molar-refractivity contribution is -0.120. The molecule has 0 spiro atoms. The molecule has 1 fully saturated rings. The van der Waals surface area contributed by atoms with Crippen LogP contribution >= 0.6 is 0 Å². The van der Waals surface area contributed by atoms with Gasteiger partial charge in [-0.15, -0.1) is 0 Å². The zero-order valence-corrected chi connectivity index (χ0v) is 17.8. The molecule has 1 aliphatic rings. The standard InChI is InChI=1S/C22H27N3O4S/c1-30(28,29)25-15-12-18(13-16-25)21(26)24-20-10-6-5-9-19(20)22(27)23-14-11-17-7-3-2-4-8-17/h2-10,18H,11-16H2,1H3,(H,23,27)(H,24,26). The number of carbonyl (C=O) groups excluding carboxylic acids is 2. The average molecular weight is 430 g/mol. The molecule has 2 amide bonds. The van der Waals surface area contributed by atoms with Crippen LogP contribution in [0.15, 0.2) is 54.6 Å². The molecule has 0 bridgehead atoms. The number of hydrogen-bond acceptors (Lipinski definition) is 4. The van der Waals surface area contributed by atoms with Gasteiger partial charge in [0.05, 0.1) is 17.5 Å². The van der Waals surface area contributed by atoms with Crippen LogP contribution in [-0.4, -0.2) is 50.4 Å². The molecule has 8 heteroatoms. The van der Waals surface area contributed by atoms with Crippen LogP contribution in [0.4, 0.5) is 5.69 Å². The Bertz CT molecular complexity index is 984. The first kappa shape index (κ1) is 22.0. The van der Waals surface area contributed by atoms with Crippen molar-refractivity contribution in [3.63, 3.8) is 0 Å². The summed E-state index contributed by atoms with van der Waals surface area (Å²) in [5.74, 6) is -0.710. The van der Waals surface area contributed by atoms with Gasteiger partial charge in [-0.2, -0.15) is 0 Å². The highest BCUT2D eigenvalue weighted by Crippen LogP contribution is 2.22. The second-order valence-corrected chi connectivity index (χ2v) is 9.45. The lowest BCUT2D eigenvalue weighted by Gasteiger charge is -2.29. The number of sulfonamides is 1. The quantitative estimate of drug-likeness (QED) is 0.706. The van der Waals surface area contributed by atoms with Crippen molar-refractivity contribution in [1.29, 1.82) is 0 Å². The van der Waals surface area contributed by atoms with E-state index in [0.29, 0.717) is 43.7 Å². The van der Waals surface area contributed by atoms with Gasteiger partial charge in [-0.05, 0) is 37.0 Å². The maximum atomic E-state index is 12.7. The predicted octanol–water partition coefficient (Wildman–Crippen LogP) is 2.27. The molecule has 3 rings (SSSR count). The molecule has 0 aromatic heterocycles. The van der Waals surface area contributed by atoms with Crippen LogP contribution in [0.1, 0.15) is 28.8 Å². The Morgan fingerprint density at radius 2 is 1.63 bits per heavy atom. The first-order valence-electron chi connectivity index (χ1n) is 10.0. The van der Waals surface area contributed by atoms with E-state index < -0.39 is 10.0 Å². The van der Waals surface area contributed by atoms with Gasteiger partial charge in [0.15, 0.2) is 0 Å². The summed E-state index contributed by atoms with van der Waals surface area (Å²) in [6.07, 6.45) is 2.83. The summed E-state index contributed by atoms with van der Waals surface area (Å²) in [5, 5.41) is 5.75. The van der Waals surface area contributed by atoms with Crippen molar-refractivity contribution in [1.82, 2.24) is 9.62 Å². The predicted molar refractivity (Wildman–Crippen MR) is 117 cm³/mol. The fourth-order valence-corrected chi connectivity index (χ4v) is 4.41. The number of piperidine rings is 1. The minimum atomic E-state index is -3.23. The monoisotopic (exact) mass is 429 g/mol. The number of nitrogens with one attached hydrogen (secondary N) is 2. The van der Waals surface area contributed by atoms with Gasteiger partial charge in [0, 0.05) is 25.6 Å². The Hall–Kier alpha value is -2.71. The second kappa shape index (κ2) is 9.86. The Morgan fingerprint density at radius 1 is 1.00 bits per heavy atom. The molecule has 30 heavy (non-hydrogen) atoms. The van der Waals surface area contributed by atoms with Crippen molar-refractivity contribution < 1.29 is 18.0 Å². The van der Waals surface area contributed by atoms with Crippen LogP contribution in [-0.2, 0) is 21.2 Å². The van der Waals surface area contributed by atoms with Gasteiger partial charge in [0.2, 0.25) is 15.9 Å². The van der Waals surface area contributed by atoms with Gasteiger partial charge < -0.3 is 10.6 Å². The Labute approximate surface area is 177 Å². The maximum absolute atomic E-state index is 12.7. The average Bonchev–Trinajstić information content (AvgIpc) is 2.74. The summed E-state index contributed by atoms with van der Waals surface area (Å²) in [5.41, 5.74) is 2.01. The fourth-order valence-electron chi connectivity index (χ4n) is 3.53. The van der Waals surface area contributed by atoms with Crippen LogP contribution in [0, 0.1) is 5.92 Å². The molecule has 1 saturated heterocycles. The number of amides is 2. The first-order chi connectivity index (χ1) is 14.3. The normalized spacial score (nSPS) is 15.5. The van der Waals surface area contributed by atoms with E-state index in [2.05, 4.69) is 10.6 Å². The molecule has 160 valence electrons. The van der Waals surface area contributed by atoms with E-state index >= 15 is 0 Å². The molecule has 0 atom stereocenters. The zero-order chi connectivity index (χ0) is 21.6. The highest BCUT2D eigenvalue weighted by molar-refractivity contribution is 7.88. The summed E-state index contributed by atoms with van der Waals surface area (Å²) < 4.78 is 24.7. The van der Waals surface area contributed by atoms with E-state index in [1.165, 1.54) is 10.6 Å². The molecule has 1 heterocycles.